The smallest absolute Gasteiger partial charge is 0.408 e. The molecule has 0 fully saturated rings. The van der Waals surface area contributed by atoms with Crippen molar-refractivity contribution in [3.63, 3.8) is 0 Å². The largest absolute Gasteiger partial charge is 0.461 e. The van der Waals surface area contributed by atoms with Gasteiger partial charge in [0.05, 0.1) is 11.3 Å². The van der Waals surface area contributed by atoms with Crippen LogP contribution in [0.3, 0.4) is 0 Å². The first kappa shape index (κ1) is 29.7. The molecule has 2 amide bonds. The molecule has 0 aliphatic rings. The van der Waals surface area contributed by atoms with E-state index >= 15 is 0 Å². The lowest BCUT2D eigenvalue weighted by Gasteiger charge is -2.18. The van der Waals surface area contributed by atoms with Crippen LogP contribution in [0.1, 0.15) is 17.5 Å². The van der Waals surface area contributed by atoms with Gasteiger partial charge in [0.1, 0.15) is 19.3 Å². The maximum atomic E-state index is 13.1. The molecule has 0 aliphatic heterocycles. The summed E-state index contributed by atoms with van der Waals surface area (Å²) in [5, 5.41) is 4.98. The highest BCUT2D eigenvalue weighted by molar-refractivity contribution is 7.92. The van der Waals surface area contributed by atoms with Crippen molar-refractivity contribution in [2.45, 2.75) is 30.6 Å². The summed E-state index contributed by atoms with van der Waals surface area (Å²) in [7, 11) is -3.99. The number of rotatable bonds is 12. The van der Waals surface area contributed by atoms with Crippen LogP contribution in [-0.2, 0) is 42.3 Å². The second-order valence-electron chi connectivity index (χ2n) is 8.80. The molecule has 1 aromatic heterocycles. The molecular weight excluding hydrogens is 562 g/mol. The third-order valence-corrected chi connectivity index (χ3v) is 7.00. The predicted molar refractivity (Wildman–Crippen MR) is 152 cm³/mol. The van der Waals surface area contributed by atoms with Crippen LogP contribution >= 0.6 is 0 Å². The molecule has 216 valence electrons. The molecule has 3 aromatic carbocycles. The lowest BCUT2D eigenvalue weighted by molar-refractivity contribution is -0.146. The van der Waals surface area contributed by atoms with Crippen molar-refractivity contribution < 1.29 is 32.3 Å². The highest BCUT2D eigenvalue weighted by atomic mass is 32.2. The fraction of sp³-hybridized carbons (Fsp3) is 0.138. The number of nitrogens with zero attached hydrogens (tertiary/aromatic N) is 2. The molecule has 3 N–H and O–H groups in total. The number of benzene rings is 3. The molecule has 0 unspecified atom stereocenters. The first-order valence-corrected chi connectivity index (χ1v) is 14.1. The number of carbonyl (C=O) groups excluding carboxylic acids is 3. The van der Waals surface area contributed by atoms with Crippen LogP contribution in [0, 0.1) is 0 Å². The first-order valence-electron chi connectivity index (χ1n) is 12.7. The zero-order valence-electron chi connectivity index (χ0n) is 22.2. The Bertz CT molecular complexity index is 1530. The lowest BCUT2D eigenvalue weighted by atomic mass is 10.2. The number of ether oxygens (including phenoxy) is 2. The number of anilines is 2. The fourth-order valence-electron chi connectivity index (χ4n) is 3.56. The van der Waals surface area contributed by atoms with Gasteiger partial charge in [0, 0.05) is 18.1 Å². The molecule has 1 atom stereocenters. The molecule has 0 radical (unpaired) electrons. The highest BCUT2D eigenvalue weighted by Gasteiger charge is 2.26. The molecule has 4 rings (SSSR count). The van der Waals surface area contributed by atoms with Gasteiger partial charge in [-0.15, -0.1) is 0 Å². The summed E-state index contributed by atoms with van der Waals surface area (Å²) in [5.41, 5.74) is 1.71. The molecule has 42 heavy (non-hydrogen) atoms. The highest BCUT2D eigenvalue weighted by Crippen LogP contribution is 2.17. The van der Waals surface area contributed by atoms with Crippen LogP contribution in [0.4, 0.5) is 16.4 Å². The van der Waals surface area contributed by atoms with Gasteiger partial charge in [-0.05, 0) is 41.5 Å². The van der Waals surface area contributed by atoms with E-state index in [4.69, 9.17) is 9.47 Å². The number of hydrogen-bond acceptors (Lipinski definition) is 9. The van der Waals surface area contributed by atoms with Crippen molar-refractivity contribution in [2.75, 3.05) is 10.0 Å². The van der Waals surface area contributed by atoms with Crippen molar-refractivity contribution in [2.24, 2.45) is 0 Å². The number of hydrogen-bond donors (Lipinski definition) is 3. The molecule has 4 aromatic rings. The average Bonchev–Trinajstić information content (AvgIpc) is 3.00. The van der Waals surface area contributed by atoms with Gasteiger partial charge < -0.3 is 20.1 Å². The van der Waals surface area contributed by atoms with Gasteiger partial charge in [-0.3, -0.25) is 9.59 Å². The monoisotopic (exact) mass is 589 g/mol. The third-order valence-electron chi connectivity index (χ3n) is 5.66. The third kappa shape index (κ3) is 9.13. The molecular formula is C29H27N5O7S. The molecule has 0 spiro atoms. The number of carbonyl (C=O) groups is 3. The van der Waals surface area contributed by atoms with Crippen LogP contribution < -0.4 is 15.4 Å². The van der Waals surface area contributed by atoms with Gasteiger partial charge in [-0.1, -0.05) is 60.7 Å². The molecule has 13 heteroatoms. The van der Waals surface area contributed by atoms with Crippen LogP contribution in [0.15, 0.2) is 108 Å². The zero-order valence-corrected chi connectivity index (χ0v) is 23.0. The van der Waals surface area contributed by atoms with E-state index in [1.165, 1.54) is 36.7 Å². The summed E-state index contributed by atoms with van der Waals surface area (Å²) < 4.78 is 38.0. The van der Waals surface area contributed by atoms with Gasteiger partial charge in [0.25, 0.3) is 10.0 Å². The van der Waals surface area contributed by atoms with Gasteiger partial charge in [0.2, 0.25) is 11.9 Å². The van der Waals surface area contributed by atoms with Crippen molar-refractivity contribution in [1.29, 1.82) is 0 Å². The molecule has 0 saturated heterocycles. The predicted octanol–water partition coefficient (Wildman–Crippen LogP) is 3.64. The molecule has 0 saturated carbocycles. The fourth-order valence-corrected chi connectivity index (χ4v) is 4.52. The number of nitrogens with one attached hydrogen (secondary N) is 3. The molecule has 0 aliphatic carbocycles. The van der Waals surface area contributed by atoms with Crippen LogP contribution in [-0.4, -0.2) is 42.4 Å². The molecule has 1 heterocycles. The Morgan fingerprint density at radius 2 is 1.31 bits per heavy atom. The van der Waals surface area contributed by atoms with Gasteiger partial charge in [-0.25, -0.2) is 27.9 Å². The van der Waals surface area contributed by atoms with Crippen molar-refractivity contribution in [3.05, 3.63) is 115 Å². The Balaban J connectivity index is 1.40. The second-order valence-corrected chi connectivity index (χ2v) is 10.5. The van der Waals surface area contributed by atoms with E-state index in [0.29, 0.717) is 0 Å². The van der Waals surface area contributed by atoms with Crippen LogP contribution in [0.2, 0.25) is 0 Å². The van der Waals surface area contributed by atoms with E-state index in [2.05, 4.69) is 25.3 Å². The van der Waals surface area contributed by atoms with E-state index in [-0.39, 0.29) is 29.7 Å². The minimum atomic E-state index is -3.99. The van der Waals surface area contributed by atoms with Gasteiger partial charge >= 0.3 is 12.1 Å². The van der Waals surface area contributed by atoms with Gasteiger partial charge in [-0.2, -0.15) is 0 Å². The SMILES string of the molecule is O=C(C[C@H](NC(=O)OCc1ccccc1)C(=O)Nc1ccc(S(=O)(=O)Nc2ncccn2)cc1)OCc1ccccc1. The Hall–Kier alpha value is -5.30. The number of alkyl carbamates (subject to hydrolysis) is 1. The quantitative estimate of drug-likeness (QED) is 0.209. The number of amides is 2. The van der Waals surface area contributed by atoms with Gasteiger partial charge in [0.15, 0.2) is 0 Å². The summed E-state index contributed by atoms with van der Waals surface area (Å²) >= 11 is 0. The molecule has 12 nitrogen and oxygen atoms in total. The average molecular weight is 590 g/mol. The summed E-state index contributed by atoms with van der Waals surface area (Å²) in [4.78, 5) is 45.8. The van der Waals surface area contributed by atoms with Crippen molar-refractivity contribution >= 4 is 39.6 Å². The van der Waals surface area contributed by atoms with E-state index in [1.807, 2.05) is 12.1 Å². The van der Waals surface area contributed by atoms with E-state index in [1.54, 1.807) is 54.6 Å². The van der Waals surface area contributed by atoms with Crippen LogP contribution in [0.25, 0.3) is 0 Å². The zero-order chi connectivity index (χ0) is 29.8. The standard InChI is InChI=1S/C29H27N5O7S/c35-26(40-19-21-8-3-1-4-9-21)18-25(33-29(37)41-20-22-10-5-2-6-11-22)27(36)32-23-12-14-24(15-13-23)42(38,39)34-28-30-16-7-17-31-28/h1-17,25H,18-20H2,(H,32,36)(H,33,37)(H,30,31,34)/t25-/m0/s1. The number of esters is 1. The summed E-state index contributed by atoms with van der Waals surface area (Å²) in [6, 6.07) is 23.4. The summed E-state index contributed by atoms with van der Waals surface area (Å²) in [5.74, 6) is -1.56. The van der Waals surface area contributed by atoms with E-state index < -0.39 is 40.5 Å². The Morgan fingerprint density at radius 1 is 0.738 bits per heavy atom. The number of sulfonamides is 1. The molecule has 0 bridgehead atoms. The Morgan fingerprint density at radius 3 is 1.90 bits per heavy atom. The van der Waals surface area contributed by atoms with Crippen molar-refractivity contribution in [3.8, 4) is 0 Å². The number of aromatic nitrogens is 2. The minimum Gasteiger partial charge on any atom is -0.461 e. The van der Waals surface area contributed by atoms with Crippen molar-refractivity contribution in [1.82, 2.24) is 15.3 Å². The normalized spacial score (nSPS) is 11.5. The van der Waals surface area contributed by atoms with E-state index in [9.17, 15) is 22.8 Å². The summed E-state index contributed by atoms with van der Waals surface area (Å²) in [6.45, 7) is -0.0537. The first-order chi connectivity index (χ1) is 20.3. The Labute approximate surface area is 242 Å². The topological polar surface area (TPSA) is 166 Å². The van der Waals surface area contributed by atoms with E-state index in [0.717, 1.165) is 11.1 Å². The van der Waals surface area contributed by atoms with Crippen LogP contribution in [0.5, 0.6) is 0 Å². The maximum absolute atomic E-state index is 13.1. The lowest BCUT2D eigenvalue weighted by Crippen LogP contribution is -2.45. The second kappa shape index (κ2) is 14.4. The maximum Gasteiger partial charge on any atom is 0.408 e. The summed E-state index contributed by atoms with van der Waals surface area (Å²) in [6.07, 6.45) is 1.39. The Kier molecular flexibility index (Phi) is 10.2. The minimum absolute atomic E-state index is 0.00947.